The Kier molecular flexibility index (Phi) is 2.01. The van der Waals surface area contributed by atoms with Crippen molar-refractivity contribution in [3.8, 4) is 0 Å². The van der Waals surface area contributed by atoms with Gasteiger partial charge in [-0.2, -0.15) is 0 Å². The number of hydrogen-bond donors (Lipinski definition) is 0. The van der Waals surface area contributed by atoms with Gasteiger partial charge in [-0.3, -0.25) is 0 Å². The SMILES string of the molecule is CC(C)(C)P(C)(C)(C)Cl. The van der Waals surface area contributed by atoms with Gasteiger partial charge in [-0.15, -0.1) is 0 Å². The van der Waals surface area contributed by atoms with Crippen LogP contribution >= 0.6 is 17.2 Å². The van der Waals surface area contributed by atoms with Crippen molar-refractivity contribution < 1.29 is 0 Å². The van der Waals surface area contributed by atoms with Crippen molar-refractivity contribution in [2.75, 3.05) is 20.0 Å². The van der Waals surface area contributed by atoms with Crippen molar-refractivity contribution in [1.29, 1.82) is 0 Å². The Morgan fingerprint density at radius 1 is 1.00 bits per heavy atom. The molecule has 0 fully saturated rings. The molecule has 0 bridgehead atoms. The molecule has 0 nitrogen and oxygen atoms in total. The maximum atomic E-state index is 6.40. The van der Waals surface area contributed by atoms with Crippen LogP contribution in [0.4, 0.5) is 0 Å². The molecule has 0 aliphatic heterocycles. The summed E-state index contributed by atoms with van der Waals surface area (Å²) in [7, 11) is 0. The molecule has 2 heteroatoms. The van der Waals surface area contributed by atoms with Crippen molar-refractivity contribution in [1.82, 2.24) is 0 Å². The third kappa shape index (κ3) is 2.43. The van der Waals surface area contributed by atoms with Crippen LogP contribution in [0, 0.1) is 0 Å². The molecule has 0 amide bonds. The second-order valence-corrected chi connectivity index (χ2v) is 14.9. The number of hydrogen-bond acceptors (Lipinski definition) is 0. The molecule has 0 heterocycles. The molecule has 0 unspecified atom stereocenters. The van der Waals surface area contributed by atoms with Gasteiger partial charge < -0.3 is 0 Å². The van der Waals surface area contributed by atoms with Gasteiger partial charge in [0.1, 0.15) is 0 Å². The quantitative estimate of drug-likeness (QED) is 0.487. The van der Waals surface area contributed by atoms with Crippen molar-refractivity contribution in [2.24, 2.45) is 0 Å². The van der Waals surface area contributed by atoms with Crippen LogP contribution in [-0.4, -0.2) is 25.2 Å². The van der Waals surface area contributed by atoms with Crippen molar-refractivity contribution in [3.63, 3.8) is 0 Å². The standard InChI is InChI=1S/C7H18ClP/c1-7(2,3)9(4,5,6)8/h1-6H3. The van der Waals surface area contributed by atoms with Crippen LogP contribution in [0.15, 0.2) is 0 Å². The van der Waals surface area contributed by atoms with E-state index >= 15 is 0 Å². The summed E-state index contributed by atoms with van der Waals surface area (Å²) >= 11 is 6.40. The molecule has 0 radical (unpaired) electrons. The van der Waals surface area contributed by atoms with Crippen LogP contribution in [0.3, 0.4) is 0 Å². The van der Waals surface area contributed by atoms with E-state index in [0.717, 1.165) is 0 Å². The molecule has 9 heavy (non-hydrogen) atoms. The molecule has 58 valence electrons. The van der Waals surface area contributed by atoms with E-state index in [-0.39, 0.29) is 5.16 Å². The van der Waals surface area contributed by atoms with E-state index in [1.54, 1.807) is 0 Å². The number of rotatable bonds is 0. The molecule has 0 saturated carbocycles. The van der Waals surface area contributed by atoms with Gasteiger partial charge in [-0.25, -0.2) is 0 Å². The first-order valence-electron chi connectivity index (χ1n) is 3.23. The van der Waals surface area contributed by atoms with Crippen LogP contribution in [0.25, 0.3) is 0 Å². The zero-order valence-corrected chi connectivity index (χ0v) is 8.98. The Bertz CT molecular complexity index is 104. The Labute approximate surface area is 63.7 Å². The van der Waals surface area contributed by atoms with E-state index in [1.807, 2.05) is 0 Å². The topological polar surface area (TPSA) is 0 Å². The van der Waals surface area contributed by atoms with Gasteiger partial charge in [0.05, 0.1) is 0 Å². The van der Waals surface area contributed by atoms with Crippen LogP contribution in [0.2, 0.25) is 0 Å². The molecule has 0 aromatic heterocycles. The molecule has 0 rings (SSSR count). The molecule has 0 spiro atoms. The van der Waals surface area contributed by atoms with E-state index in [4.69, 9.17) is 11.2 Å². The van der Waals surface area contributed by atoms with E-state index in [0.29, 0.717) is 0 Å². The molecule has 0 aromatic carbocycles. The Hall–Kier alpha value is 0.720. The summed E-state index contributed by atoms with van der Waals surface area (Å²) in [6.07, 6.45) is 0. The molecule has 0 aromatic rings. The maximum absolute atomic E-state index is 6.40. The van der Waals surface area contributed by atoms with Crippen LogP contribution in [-0.2, 0) is 0 Å². The predicted molar refractivity (Wildman–Crippen MR) is 50.3 cm³/mol. The van der Waals surface area contributed by atoms with Crippen LogP contribution in [0.1, 0.15) is 20.8 Å². The fourth-order valence-corrected chi connectivity index (χ4v) is 0. The molecular weight excluding hydrogens is 151 g/mol. The molecule has 0 aliphatic carbocycles. The summed E-state index contributed by atoms with van der Waals surface area (Å²) < 4.78 is 0. The average Bonchev–Trinajstić information content (AvgIpc) is 1.20. The molecule has 0 N–H and O–H groups in total. The van der Waals surface area contributed by atoms with Gasteiger partial charge in [-0.05, 0) is 0 Å². The van der Waals surface area contributed by atoms with E-state index < -0.39 is 5.96 Å². The van der Waals surface area contributed by atoms with Gasteiger partial charge >= 0.3 is 63.1 Å². The summed E-state index contributed by atoms with van der Waals surface area (Å²) in [5, 5.41) is 0.271. The first kappa shape index (κ1) is 9.72. The van der Waals surface area contributed by atoms with Gasteiger partial charge in [-0.1, -0.05) is 0 Å². The zero-order chi connectivity index (χ0) is 7.95. The summed E-state index contributed by atoms with van der Waals surface area (Å²) in [4.78, 5) is 0. The Balaban J connectivity index is 4.56. The van der Waals surface area contributed by atoms with E-state index in [2.05, 4.69) is 40.8 Å². The zero-order valence-electron chi connectivity index (χ0n) is 7.33. The number of halogens is 1. The van der Waals surface area contributed by atoms with Gasteiger partial charge in [0.25, 0.3) is 0 Å². The molecule has 0 atom stereocenters. The summed E-state index contributed by atoms with van der Waals surface area (Å²) in [5.41, 5.74) is 0. The van der Waals surface area contributed by atoms with Crippen LogP contribution in [0.5, 0.6) is 0 Å². The van der Waals surface area contributed by atoms with Gasteiger partial charge in [0.2, 0.25) is 0 Å². The molecule has 0 saturated heterocycles. The second-order valence-electron chi connectivity index (χ2n) is 4.77. The Morgan fingerprint density at radius 2 is 1.11 bits per heavy atom. The normalized spacial score (nSPS) is 18.8. The third-order valence-corrected chi connectivity index (χ3v) is 8.32. The average molecular weight is 169 g/mol. The van der Waals surface area contributed by atoms with Crippen molar-refractivity contribution >= 4 is 17.2 Å². The van der Waals surface area contributed by atoms with Crippen molar-refractivity contribution in [3.05, 3.63) is 0 Å². The summed E-state index contributed by atoms with van der Waals surface area (Å²) in [6.45, 7) is 13.2. The van der Waals surface area contributed by atoms with Gasteiger partial charge in [0.15, 0.2) is 0 Å². The minimum atomic E-state index is -1.84. The summed E-state index contributed by atoms with van der Waals surface area (Å²) in [6, 6.07) is 0. The van der Waals surface area contributed by atoms with E-state index in [1.165, 1.54) is 0 Å². The molecule has 0 aliphatic rings. The minimum absolute atomic E-state index is 0.271. The summed E-state index contributed by atoms with van der Waals surface area (Å²) in [5.74, 6) is -1.84. The first-order valence-corrected chi connectivity index (χ1v) is 7.72. The monoisotopic (exact) mass is 168 g/mol. The first-order chi connectivity index (χ1) is 3.51. The fourth-order valence-electron chi connectivity index (χ4n) is 0. The van der Waals surface area contributed by atoms with Crippen molar-refractivity contribution in [2.45, 2.75) is 25.9 Å². The fraction of sp³-hybridized carbons (Fsp3) is 1.00. The third-order valence-electron chi connectivity index (χ3n) is 2.27. The second kappa shape index (κ2) is 1.86. The van der Waals surface area contributed by atoms with Crippen LogP contribution < -0.4 is 0 Å². The Morgan fingerprint density at radius 3 is 1.11 bits per heavy atom. The predicted octanol–water partition coefficient (Wildman–Crippen LogP) is 3.38. The van der Waals surface area contributed by atoms with Gasteiger partial charge in [0, 0.05) is 0 Å². The molecular formula is C7H18ClP. The van der Waals surface area contributed by atoms with E-state index in [9.17, 15) is 0 Å².